The maximum absolute atomic E-state index is 13.2. The van der Waals surface area contributed by atoms with Crippen LogP contribution in [0.25, 0.3) is 0 Å². The zero-order valence-corrected chi connectivity index (χ0v) is 13.1. The number of nitrogens with zero attached hydrogens (tertiary/aromatic N) is 2. The Hall–Kier alpha value is -2.43. The van der Waals surface area contributed by atoms with Crippen molar-refractivity contribution in [2.45, 2.75) is 25.3 Å². The van der Waals surface area contributed by atoms with E-state index in [4.69, 9.17) is 0 Å². The van der Waals surface area contributed by atoms with Gasteiger partial charge in [0.1, 0.15) is 17.7 Å². The van der Waals surface area contributed by atoms with Gasteiger partial charge in [-0.15, -0.1) is 0 Å². The van der Waals surface area contributed by atoms with Gasteiger partial charge in [0.15, 0.2) is 0 Å². The van der Waals surface area contributed by atoms with E-state index < -0.39 is 0 Å². The number of imidazole rings is 1. The van der Waals surface area contributed by atoms with Crippen molar-refractivity contribution in [2.24, 2.45) is 13.0 Å². The van der Waals surface area contributed by atoms with Crippen LogP contribution in [0.5, 0.6) is 0 Å². The first-order chi connectivity index (χ1) is 11.1. The second-order valence-corrected chi connectivity index (χ2v) is 5.87. The van der Waals surface area contributed by atoms with E-state index in [0.717, 1.165) is 30.7 Å². The Balaban J connectivity index is 1.86. The average molecular weight is 313 g/mol. The Morgan fingerprint density at radius 2 is 2.13 bits per heavy atom. The van der Waals surface area contributed by atoms with Gasteiger partial charge < -0.3 is 9.88 Å². The minimum atomic E-state index is -0.381. The van der Waals surface area contributed by atoms with Crippen LogP contribution in [0.1, 0.15) is 36.7 Å². The highest BCUT2D eigenvalue weighted by molar-refractivity contribution is 5.79. The van der Waals surface area contributed by atoms with Crippen LogP contribution in [0.15, 0.2) is 48.8 Å². The Morgan fingerprint density at radius 1 is 1.35 bits per heavy atom. The van der Waals surface area contributed by atoms with Crippen LogP contribution in [0, 0.1) is 11.7 Å². The highest BCUT2D eigenvalue weighted by Crippen LogP contribution is 2.24. The van der Waals surface area contributed by atoms with Gasteiger partial charge in [-0.1, -0.05) is 24.3 Å². The molecule has 23 heavy (non-hydrogen) atoms. The van der Waals surface area contributed by atoms with E-state index in [1.54, 1.807) is 18.3 Å². The number of carbonyl (C=O) groups excluding carboxylic acids is 1. The first-order valence-electron chi connectivity index (χ1n) is 7.83. The lowest BCUT2D eigenvalue weighted by molar-refractivity contribution is -0.125. The van der Waals surface area contributed by atoms with Gasteiger partial charge in [-0.3, -0.25) is 4.79 Å². The van der Waals surface area contributed by atoms with Crippen molar-refractivity contribution < 1.29 is 9.18 Å². The van der Waals surface area contributed by atoms with Gasteiger partial charge in [-0.25, -0.2) is 9.37 Å². The summed E-state index contributed by atoms with van der Waals surface area (Å²) < 4.78 is 15.1. The van der Waals surface area contributed by atoms with Crippen molar-refractivity contribution in [1.82, 2.24) is 14.9 Å². The quantitative estimate of drug-likeness (QED) is 0.882. The highest BCUT2D eigenvalue weighted by Gasteiger charge is 2.25. The number of halogens is 1. The van der Waals surface area contributed by atoms with E-state index in [-0.39, 0.29) is 23.7 Å². The molecule has 0 aliphatic heterocycles. The van der Waals surface area contributed by atoms with Gasteiger partial charge in [0.2, 0.25) is 5.91 Å². The molecule has 2 unspecified atom stereocenters. The molecule has 2 aromatic rings. The predicted octanol–water partition coefficient (Wildman–Crippen LogP) is 3.12. The van der Waals surface area contributed by atoms with E-state index in [0.29, 0.717) is 0 Å². The summed E-state index contributed by atoms with van der Waals surface area (Å²) in [6.45, 7) is 0. The molecule has 5 heteroatoms. The molecule has 0 bridgehead atoms. The van der Waals surface area contributed by atoms with E-state index >= 15 is 0 Å². The molecule has 1 amide bonds. The largest absolute Gasteiger partial charge is 0.342 e. The Labute approximate surface area is 135 Å². The molecule has 0 saturated heterocycles. The molecule has 1 aromatic heterocycles. The Morgan fingerprint density at radius 3 is 2.74 bits per heavy atom. The third kappa shape index (κ3) is 3.50. The fourth-order valence-electron chi connectivity index (χ4n) is 2.90. The topological polar surface area (TPSA) is 46.9 Å². The van der Waals surface area contributed by atoms with Crippen LogP contribution in [0.2, 0.25) is 0 Å². The number of amides is 1. The lowest BCUT2D eigenvalue weighted by atomic mass is 9.93. The van der Waals surface area contributed by atoms with Gasteiger partial charge in [0.05, 0.1) is 0 Å². The zero-order valence-electron chi connectivity index (χ0n) is 13.1. The number of allylic oxidation sites excluding steroid dienone is 2. The summed E-state index contributed by atoms with van der Waals surface area (Å²) in [5.41, 5.74) is 0.820. The number of aromatic nitrogens is 2. The zero-order chi connectivity index (χ0) is 16.2. The van der Waals surface area contributed by atoms with Crippen molar-refractivity contribution in [3.63, 3.8) is 0 Å². The summed E-state index contributed by atoms with van der Waals surface area (Å²) in [6.07, 6.45) is 10.3. The lowest BCUT2D eigenvalue weighted by Crippen LogP contribution is -2.36. The van der Waals surface area contributed by atoms with E-state index in [1.165, 1.54) is 12.1 Å². The molecule has 120 valence electrons. The van der Waals surface area contributed by atoms with Gasteiger partial charge in [0, 0.05) is 25.4 Å². The molecule has 3 rings (SSSR count). The van der Waals surface area contributed by atoms with Crippen LogP contribution in [0.3, 0.4) is 0 Å². The first-order valence-corrected chi connectivity index (χ1v) is 7.83. The van der Waals surface area contributed by atoms with E-state index in [1.807, 2.05) is 17.8 Å². The summed E-state index contributed by atoms with van der Waals surface area (Å²) in [4.78, 5) is 17.0. The first kappa shape index (κ1) is 15.5. The van der Waals surface area contributed by atoms with Crippen LogP contribution >= 0.6 is 0 Å². The summed E-state index contributed by atoms with van der Waals surface area (Å²) in [7, 11) is 1.88. The number of benzene rings is 1. The number of nitrogens with one attached hydrogen (secondary N) is 1. The standard InChI is InChI=1S/C18H20FN3O/c1-22-12-11-20-17(22)16(13-7-9-15(19)10-8-13)21-18(23)14-5-3-2-4-6-14/h2-3,7-12,14,16H,4-6H2,1H3,(H,21,23). The maximum Gasteiger partial charge on any atom is 0.224 e. The third-order valence-corrected chi connectivity index (χ3v) is 4.25. The molecular formula is C18H20FN3O. The molecule has 1 N–H and O–H groups in total. The van der Waals surface area contributed by atoms with Crippen molar-refractivity contribution in [2.75, 3.05) is 0 Å². The summed E-state index contributed by atoms with van der Waals surface area (Å²) in [6, 6.07) is 5.81. The number of hydrogen-bond donors (Lipinski definition) is 1. The molecule has 4 nitrogen and oxygen atoms in total. The molecule has 1 aliphatic carbocycles. The Kier molecular flexibility index (Phi) is 4.55. The lowest BCUT2D eigenvalue weighted by Gasteiger charge is -2.23. The minimum Gasteiger partial charge on any atom is -0.342 e. The van der Waals surface area contributed by atoms with Gasteiger partial charge >= 0.3 is 0 Å². The third-order valence-electron chi connectivity index (χ3n) is 4.25. The molecule has 0 saturated carbocycles. The minimum absolute atomic E-state index is 0.0109. The molecule has 0 fully saturated rings. The molecule has 0 spiro atoms. The predicted molar refractivity (Wildman–Crippen MR) is 86.1 cm³/mol. The highest BCUT2D eigenvalue weighted by atomic mass is 19.1. The normalized spacial score (nSPS) is 18.6. The van der Waals surface area contributed by atoms with Crippen molar-refractivity contribution in [3.05, 3.63) is 66.0 Å². The molecular weight excluding hydrogens is 293 g/mol. The molecule has 1 aliphatic rings. The summed E-state index contributed by atoms with van der Waals surface area (Å²) in [5, 5.41) is 3.09. The second-order valence-electron chi connectivity index (χ2n) is 5.87. The molecule has 0 radical (unpaired) electrons. The van der Waals surface area contributed by atoms with Crippen LogP contribution in [0.4, 0.5) is 4.39 Å². The fraction of sp³-hybridized carbons (Fsp3) is 0.333. The number of aryl methyl sites for hydroxylation is 1. The Bertz CT molecular complexity index is 705. The smallest absolute Gasteiger partial charge is 0.224 e. The summed E-state index contributed by atoms with van der Waals surface area (Å²) >= 11 is 0. The van der Waals surface area contributed by atoms with E-state index in [2.05, 4.69) is 22.5 Å². The maximum atomic E-state index is 13.2. The van der Waals surface area contributed by atoms with Gasteiger partial charge in [-0.05, 0) is 37.0 Å². The van der Waals surface area contributed by atoms with Crippen molar-refractivity contribution >= 4 is 5.91 Å². The van der Waals surface area contributed by atoms with Gasteiger partial charge in [0.25, 0.3) is 0 Å². The van der Waals surface area contributed by atoms with E-state index in [9.17, 15) is 9.18 Å². The van der Waals surface area contributed by atoms with Crippen molar-refractivity contribution in [3.8, 4) is 0 Å². The average Bonchev–Trinajstić information content (AvgIpc) is 3.00. The van der Waals surface area contributed by atoms with Gasteiger partial charge in [-0.2, -0.15) is 0 Å². The molecule has 2 atom stereocenters. The second kappa shape index (κ2) is 6.77. The van der Waals surface area contributed by atoms with Crippen LogP contribution in [-0.2, 0) is 11.8 Å². The van der Waals surface area contributed by atoms with Crippen LogP contribution in [-0.4, -0.2) is 15.5 Å². The number of hydrogen-bond acceptors (Lipinski definition) is 2. The number of carbonyl (C=O) groups is 1. The molecule has 1 heterocycles. The van der Waals surface area contributed by atoms with Crippen LogP contribution < -0.4 is 5.32 Å². The SMILES string of the molecule is Cn1ccnc1C(NC(=O)C1CC=CCC1)c1ccc(F)cc1. The molecule has 1 aromatic carbocycles. The van der Waals surface area contributed by atoms with Crippen molar-refractivity contribution in [1.29, 1.82) is 0 Å². The summed E-state index contributed by atoms with van der Waals surface area (Å²) in [5.74, 6) is 0.447. The fourth-order valence-corrected chi connectivity index (χ4v) is 2.90. The monoisotopic (exact) mass is 313 g/mol. The number of rotatable bonds is 4.